The molecule has 39 heavy (non-hydrogen) atoms. The molecule has 0 fully saturated rings. The molecule has 0 saturated heterocycles. The molecule has 2 aromatic carbocycles. The van der Waals surface area contributed by atoms with Crippen LogP contribution >= 0.6 is 0 Å². The predicted molar refractivity (Wildman–Crippen MR) is 138 cm³/mol. The van der Waals surface area contributed by atoms with Crippen LogP contribution in [0.3, 0.4) is 0 Å². The average molecular weight is 536 g/mol. The third-order valence-corrected chi connectivity index (χ3v) is 5.89. The number of ether oxygens (including phenoxy) is 2. The van der Waals surface area contributed by atoms with Crippen molar-refractivity contribution in [3.05, 3.63) is 83.2 Å². The Hall–Kier alpha value is -4.58. The molecule has 200 valence electrons. The van der Waals surface area contributed by atoms with E-state index in [1.165, 1.54) is 18.7 Å². The molecule has 3 heterocycles. The van der Waals surface area contributed by atoms with Crippen molar-refractivity contribution in [3.63, 3.8) is 0 Å². The molecule has 0 aliphatic carbocycles. The molecule has 5 rings (SSSR count). The van der Waals surface area contributed by atoms with E-state index in [9.17, 15) is 13.2 Å². The zero-order valence-electron chi connectivity index (χ0n) is 21.4. The Balaban J connectivity index is 1.53. The number of anilines is 2. The number of aryl methyl sites for hydroxylation is 2. The molecule has 0 saturated carbocycles. The number of rotatable bonds is 9. The summed E-state index contributed by atoms with van der Waals surface area (Å²) in [6, 6.07) is 11.0. The number of fused-ring (bicyclic) bond motifs is 1. The lowest BCUT2D eigenvalue weighted by molar-refractivity contribution is 0.146. The molecule has 0 aliphatic rings. The van der Waals surface area contributed by atoms with Crippen molar-refractivity contribution in [2.45, 2.75) is 20.4 Å². The zero-order chi connectivity index (χ0) is 27.5. The minimum Gasteiger partial charge on any atom is -0.491 e. The van der Waals surface area contributed by atoms with E-state index < -0.39 is 17.5 Å². The van der Waals surface area contributed by atoms with Crippen LogP contribution in [0.5, 0.6) is 5.75 Å². The minimum absolute atomic E-state index is 0.0610. The van der Waals surface area contributed by atoms with E-state index in [1.807, 2.05) is 0 Å². The molecule has 9 nitrogen and oxygen atoms in total. The summed E-state index contributed by atoms with van der Waals surface area (Å²) in [5.41, 5.74) is 0.828. The average Bonchev–Trinajstić information content (AvgIpc) is 3.27. The highest BCUT2D eigenvalue weighted by Gasteiger charge is 2.21. The highest BCUT2D eigenvalue weighted by Crippen LogP contribution is 2.30. The van der Waals surface area contributed by atoms with Crippen molar-refractivity contribution in [3.8, 4) is 17.3 Å². The Morgan fingerprint density at radius 2 is 1.72 bits per heavy atom. The summed E-state index contributed by atoms with van der Waals surface area (Å²) in [5.74, 6) is -1.21. The summed E-state index contributed by atoms with van der Waals surface area (Å²) in [7, 11) is 1.50. The molecule has 0 amide bonds. The van der Waals surface area contributed by atoms with Crippen molar-refractivity contribution >= 4 is 22.5 Å². The Morgan fingerprint density at radius 3 is 2.46 bits per heavy atom. The standard InChI is InChI=1S/C27H24F3N7O2/c1-15-24(30)26(34-23-8-9-31-16(2)33-23)35-27(32-15)25-18-6-4-5-7-22(18)37(36-25)14-19-20(28)12-17(13-21(19)29)39-11-10-38-3/h4-9,12-13H,10-11,14H2,1-3H3,(H,31,32,33,34,35). The first kappa shape index (κ1) is 26.0. The largest absolute Gasteiger partial charge is 0.491 e. The van der Waals surface area contributed by atoms with Gasteiger partial charge in [0.2, 0.25) is 0 Å². The van der Waals surface area contributed by atoms with Gasteiger partial charge in [0.1, 0.15) is 41.3 Å². The SMILES string of the molecule is COCCOc1cc(F)c(Cn2nc(-c3nc(C)c(F)c(Nc4ccnc(C)n4)n3)c3ccccc32)c(F)c1. The molecular formula is C27H24F3N7O2. The van der Waals surface area contributed by atoms with E-state index in [1.54, 1.807) is 43.5 Å². The van der Waals surface area contributed by atoms with Crippen LogP contribution in [0.2, 0.25) is 0 Å². The molecule has 5 aromatic rings. The van der Waals surface area contributed by atoms with Gasteiger partial charge in [-0.25, -0.2) is 33.1 Å². The van der Waals surface area contributed by atoms with Gasteiger partial charge in [-0.15, -0.1) is 0 Å². The molecule has 0 bridgehead atoms. The first-order valence-electron chi connectivity index (χ1n) is 12.0. The number of nitrogens with zero attached hydrogens (tertiary/aromatic N) is 6. The second-order valence-corrected chi connectivity index (χ2v) is 8.64. The van der Waals surface area contributed by atoms with Crippen molar-refractivity contribution in [1.29, 1.82) is 0 Å². The van der Waals surface area contributed by atoms with Crippen LogP contribution in [-0.4, -0.2) is 50.0 Å². The van der Waals surface area contributed by atoms with Gasteiger partial charge in [0, 0.05) is 36.4 Å². The zero-order valence-corrected chi connectivity index (χ0v) is 21.4. The van der Waals surface area contributed by atoms with Gasteiger partial charge < -0.3 is 14.8 Å². The van der Waals surface area contributed by atoms with Crippen molar-refractivity contribution in [1.82, 2.24) is 29.7 Å². The fourth-order valence-electron chi connectivity index (χ4n) is 4.01. The Labute approximate surface area is 221 Å². The lowest BCUT2D eigenvalue weighted by atomic mass is 10.1. The van der Waals surface area contributed by atoms with Gasteiger partial charge in [0.25, 0.3) is 0 Å². The fourth-order valence-corrected chi connectivity index (χ4v) is 4.01. The van der Waals surface area contributed by atoms with Crippen LogP contribution in [-0.2, 0) is 11.3 Å². The van der Waals surface area contributed by atoms with Crippen molar-refractivity contribution in [2.24, 2.45) is 0 Å². The van der Waals surface area contributed by atoms with Crippen molar-refractivity contribution < 1.29 is 22.6 Å². The van der Waals surface area contributed by atoms with E-state index >= 15 is 0 Å². The van der Waals surface area contributed by atoms with Crippen molar-refractivity contribution in [2.75, 3.05) is 25.6 Å². The smallest absolute Gasteiger partial charge is 0.187 e. The quantitative estimate of drug-likeness (QED) is 0.259. The van der Waals surface area contributed by atoms with Gasteiger partial charge >= 0.3 is 0 Å². The number of aromatic nitrogens is 6. The molecular weight excluding hydrogens is 511 g/mol. The van der Waals surface area contributed by atoms with Gasteiger partial charge in [0.15, 0.2) is 17.5 Å². The highest BCUT2D eigenvalue weighted by atomic mass is 19.1. The second kappa shape index (κ2) is 11.0. The molecule has 12 heteroatoms. The monoisotopic (exact) mass is 535 g/mol. The number of benzene rings is 2. The maximum Gasteiger partial charge on any atom is 0.187 e. The molecule has 0 atom stereocenters. The lowest BCUT2D eigenvalue weighted by Gasteiger charge is -2.10. The highest BCUT2D eigenvalue weighted by molar-refractivity contribution is 5.91. The molecule has 1 N–H and O–H groups in total. The molecule has 0 aliphatic heterocycles. The topological polar surface area (TPSA) is 99.9 Å². The molecule has 0 radical (unpaired) electrons. The maximum atomic E-state index is 15.0. The Kier molecular flexibility index (Phi) is 7.37. The summed E-state index contributed by atoms with van der Waals surface area (Å²) in [5, 5.41) is 8.09. The second-order valence-electron chi connectivity index (χ2n) is 8.64. The van der Waals surface area contributed by atoms with Gasteiger partial charge in [-0.3, -0.25) is 4.68 Å². The summed E-state index contributed by atoms with van der Waals surface area (Å²) in [4.78, 5) is 16.9. The lowest BCUT2D eigenvalue weighted by Crippen LogP contribution is -2.09. The van der Waals surface area contributed by atoms with Gasteiger partial charge in [0.05, 0.1) is 24.4 Å². The minimum atomic E-state index is -0.774. The number of nitrogens with one attached hydrogen (secondary N) is 1. The van der Waals surface area contributed by atoms with E-state index in [0.717, 1.165) is 12.1 Å². The number of para-hydroxylation sites is 1. The third-order valence-electron chi connectivity index (χ3n) is 5.89. The van der Waals surface area contributed by atoms with E-state index in [-0.39, 0.29) is 48.4 Å². The van der Waals surface area contributed by atoms with Crippen LogP contribution < -0.4 is 10.1 Å². The van der Waals surface area contributed by atoms with Gasteiger partial charge in [-0.05, 0) is 26.0 Å². The predicted octanol–water partition coefficient (Wildman–Crippen LogP) is 5.13. The van der Waals surface area contributed by atoms with E-state index in [0.29, 0.717) is 28.2 Å². The summed E-state index contributed by atoms with van der Waals surface area (Å²) >= 11 is 0. The van der Waals surface area contributed by atoms with Crippen LogP contribution in [0.15, 0.2) is 48.7 Å². The Bertz CT molecular complexity index is 1640. The molecule has 0 unspecified atom stereocenters. The van der Waals surface area contributed by atoms with E-state index in [2.05, 4.69) is 30.4 Å². The summed E-state index contributed by atoms with van der Waals surface area (Å²) in [6.07, 6.45) is 1.54. The van der Waals surface area contributed by atoms with Crippen LogP contribution in [0, 0.1) is 31.3 Å². The molecule has 0 spiro atoms. The van der Waals surface area contributed by atoms with Gasteiger partial charge in [-0.1, -0.05) is 18.2 Å². The van der Waals surface area contributed by atoms with Crippen LogP contribution in [0.1, 0.15) is 17.1 Å². The number of hydrogen-bond acceptors (Lipinski definition) is 8. The number of halogens is 3. The summed E-state index contributed by atoms with van der Waals surface area (Å²) < 4.78 is 56.5. The van der Waals surface area contributed by atoms with Crippen LogP contribution in [0.25, 0.3) is 22.4 Å². The first-order chi connectivity index (χ1) is 18.8. The summed E-state index contributed by atoms with van der Waals surface area (Å²) in [6.45, 7) is 3.46. The Morgan fingerprint density at radius 1 is 0.949 bits per heavy atom. The first-order valence-corrected chi connectivity index (χ1v) is 12.0. The fraction of sp³-hybridized carbons (Fsp3) is 0.222. The van der Waals surface area contributed by atoms with Crippen LogP contribution in [0.4, 0.5) is 24.8 Å². The van der Waals surface area contributed by atoms with E-state index in [4.69, 9.17) is 9.47 Å². The number of methoxy groups -OCH3 is 1. The van der Waals surface area contributed by atoms with Gasteiger partial charge in [-0.2, -0.15) is 5.10 Å². The third kappa shape index (κ3) is 5.50. The number of hydrogen-bond donors (Lipinski definition) is 1. The normalized spacial score (nSPS) is 11.2. The maximum absolute atomic E-state index is 15.0. The molecule has 3 aromatic heterocycles.